The molecule has 6 aromatic rings. The highest BCUT2D eigenvalue weighted by atomic mass is 32.2. The van der Waals surface area contributed by atoms with Gasteiger partial charge in [0.15, 0.2) is 15.5 Å². The Hall–Kier alpha value is -4.71. The molecule has 0 atom stereocenters. The molecule has 0 bridgehead atoms. The van der Waals surface area contributed by atoms with Gasteiger partial charge in [0.2, 0.25) is 0 Å². The molecule has 3 heterocycles. The van der Waals surface area contributed by atoms with E-state index in [0.717, 1.165) is 23.4 Å². The van der Waals surface area contributed by atoms with Gasteiger partial charge in [-0.1, -0.05) is 23.4 Å². The molecule has 3 aromatic heterocycles. The Morgan fingerprint density at radius 3 is 2.42 bits per heavy atom. The first-order valence-electron chi connectivity index (χ1n) is 12.0. The molecule has 0 aliphatic carbocycles. The smallest absolute Gasteiger partial charge is 0.434 e. The zero-order valence-electron chi connectivity index (χ0n) is 21.1. The van der Waals surface area contributed by atoms with Crippen LogP contribution >= 0.6 is 0 Å². The SMILES string of the molecule is Cc1nc(C(F)(F)F)cn1-c1ccc(-c2cccc(S(C)(=O)=O)c2)cc1-n1nncc1-c1ccc2occc2c1. The highest BCUT2D eigenvalue weighted by Crippen LogP contribution is 2.34. The number of alkyl halides is 3. The Morgan fingerprint density at radius 1 is 0.900 bits per heavy atom. The van der Waals surface area contributed by atoms with Crippen molar-refractivity contribution in [2.45, 2.75) is 18.0 Å². The zero-order chi connectivity index (χ0) is 28.2. The number of imidazole rings is 1. The lowest BCUT2D eigenvalue weighted by atomic mass is 10.0. The van der Waals surface area contributed by atoms with E-state index in [0.29, 0.717) is 33.8 Å². The molecule has 0 fully saturated rings. The Balaban J connectivity index is 1.58. The maximum Gasteiger partial charge on any atom is 0.434 e. The van der Waals surface area contributed by atoms with Crippen LogP contribution in [0, 0.1) is 6.92 Å². The normalized spacial score (nSPS) is 12.3. The van der Waals surface area contributed by atoms with E-state index in [1.165, 1.54) is 22.2 Å². The minimum Gasteiger partial charge on any atom is -0.464 e. The molecule has 0 saturated heterocycles. The van der Waals surface area contributed by atoms with Gasteiger partial charge in [0.1, 0.15) is 11.4 Å². The van der Waals surface area contributed by atoms with Crippen molar-refractivity contribution in [1.29, 1.82) is 0 Å². The van der Waals surface area contributed by atoms with Gasteiger partial charge in [-0.05, 0) is 66.6 Å². The van der Waals surface area contributed by atoms with E-state index in [9.17, 15) is 21.6 Å². The topological polar surface area (TPSA) is 95.8 Å². The van der Waals surface area contributed by atoms with E-state index in [1.807, 2.05) is 24.3 Å². The maximum atomic E-state index is 13.5. The third-order valence-electron chi connectivity index (χ3n) is 6.53. The molecule has 202 valence electrons. The maximum absolute atomic E-state index is 13.5. The molecule has 40 heavy (non-hydrogen) atoms. The minimum atomic E-state index is -4.62. The van der Waals surface area contributed by atoms with E-state index in [1.54, 1.807) is 48.9 Å². The van der Waals surface area contributed by atoms with Crippen LogP contribution in [0.2, 0.25) is 0 Å². The quantitative estimate of drug-likeness (QED) is 0.246. The molecule has 0 N–H and O–H groups in total. The number of furan rings is 1. The van der Waals surface area contributed by atoms with E-state index >= 15 is 0 Å². The lowest BCUT2D eigenvalue weighted by Gasteiger charge is -2.16. The molecule has 0 amide bonds. The summed E-state index contributed by atoms with van der Waals surface area (Å²) >= 11 is 0. The summed E-state index contributed by atoms with van der Waals surface area (Å²) in [6.45, 7) is 1.48. The fraction of sp³-hybridized carbons (Fsp3) is 0.107. The standard InChI is InChI=1S/C28H20F3N5O3S/c1-17-33-27(28(29,30)31)16-35(17)23-8-6-19(18-4-3-5-22(13-18)40(2,37)38)14-24(23)36-25(15-32-34-36)20-7-9-26-21(12-20)10-11-39-26/h3-16H,1-2H3. The van der Waals surface area contributed by atoms with Crippen molar-refractivity contribution in [2.24, 2.45) is 0 Å². The van der Waals surface area contributed by atoms with Crippen LogP contribution in [-0.2, 0) is 16.0 Å². The minimum absolute atomic E-state index is 0.127. The molecular formula is C28H20F3N5O3S. The van der Waals surface area contributed by atoms with Gasteiger partial charge in [-0.3, -0.25) is 0 Å². The van der Waals surface area contributed by atoms with Crippen molar-refractivity contribution < 1.29 is 26.0 Å². The molecule has 8 nitrogen and oxygen atoms in total. The molecule has 0 unspecified atom stereocenters. The predicted molar refractivity (Wildman–Crippen MR) is 142 cm³/mol. The van der Waals surface area contributed by atoms with Crippen molar-refractivity contribution >= 4 is 20.8 Å². The van der Waals surface area contributed by atoms with Gasteiger partial charge >= 0.3 is 6.18 Å². The number of halogens is 3. The van der Waals surface area contributed by atoms with Crippen molar-refractivity contribution in [3.05, 3.63) is 96.9 Å². The Labute approximate surface area is 226 Å². The largest absolute Gasteiger partial charge is 0.464 e. The second-order valence-corrected chi connectivity index (χ2v) is 11.3. The van der Waals surface area contributed by atoms with Gasteiger partial charge in [-0.25, -0.2) is 18.1 Å². The Morgan fingerprint density at radius 2 is 1.68 bits per heavy atom. The fourth-order valence-electron chi connectivity index (χ4n) is 4.57. The first-order valence-corrected chi connectivity index (χ1v) is 13.8. The predicted octanol–water partition coefficient (Wildman–Crippen LogP) is 6.26. The van der Waals surface area contributed by atoms with Crippen LogP contribution in [0.4, 0.5) is 13.2 Å². The van der Waals surface area contributed by atoms with E-state index in [-0.39, 0.29) is 10.7 Å². The molecular weight excluding hydrogens is 543 g/mol. The summed E-state index contributed by atoms with van der Waals surface area (Å²) in [7, 11) is -3.46. The average Bonchev–Trinajstić information content (AvgIpc) is 3.67. The van der Waals surface area contributed by atoms with Gasteiger partial charge in [0.25, 0.3) is 0 Å². The molecule has 12 heteroatoms. The molecule has 0 saturated carbocycles. The van der Waals surface area contributed by atoms with Crippen LogP contribution in [0.5, 0.6) is 0 Å². The summed E-state index contributed by atoms with van der Waals surface area (Å²) in [5, 5.41) is 9.24. The van der Waals surface area contributed by atoms with Crippen molar-refractivity contribution in [3.8, 4) is 33.8 Å². The van der Waals surface area contributed by atoms with Gasteiger partial charge in [-0.15, -0.1) is 5.10 Å². The Kier molecular flexibility index (Phi) is 5.88. The van der Waals surface area contributed by atoms with Crippen molar-refractivity contribution in [2.75, 3.05) is 6.26 Å². The van der Waals surface area contributed by atoms with E-state index in [2.05, 4.69) is 15.3 Å². The number of sulfone groups is 1. The van der Waals surface area contributed by atoms with Crippen LogP contribution in [-0.4, -0.2) is 39.2 Å². The summed E-state index contributed by atoms with van der Waals surface area (Å²) in [5.74, 6) is 0.127. The van der Waals surface area contributed by atoms with Gasteiger partial charge < -0.3 is 8.98 Å². The lowest BCUT2D eigenvalue weighted by Crippen LogP contribution is -2.07. The monoisotopic (exact) mass is 563 g/mol. The summed E-state index contributed by atoms with van der Waals surface area (Å²) < 4.78 is 73.2. The number of hydrogen-bond donors (Lipinski definition) is 0. The van der Waals surface area contributed by atoms with Crippen LogP contribution in [0.15, 0.2) is 94.7 Å². The first-order chi connectivity index (χ1) is 19.0. The van der Waals surface area contributed by atoms with Gasteiger partial charge in [0, 0.05) is 23.4 Å². The lowest BCUT2D eigenvalue weighted by molar-refractivity contribution is -0.141. The number of aromatic nitrogens is 5. The fourth-order valence-corrected chi connectivity index (χ4v) is 5.24. The second-order valence-electron chi connectivity index (χ2n) is 9.25. The third-order valence-corrected chi connectivity index (χ3v) is 7.64. The van der Waals surface area contributed by atoms with Crippen LogP contribution in [0.3, 0.4) is 0 Å². The molecule has 0 radical (unpaired) electrons. The number of nitrogens with zero attached hydrogens (tertiary/aromatic N) is 5. The number of aryl methyl sites for hydroxylation is 1. The van der Waals surface area contributed by atoms with E-state index < -0.39 is 21.7 Å². The van der Waals surface area contributed by atoms with Crippen LogP contribution in [0.25, 0.3) is 44.7 Å². The summed E-state index contributed by atoms with van der Waals surface area (Å²) in [4.78, 5) is 3.87. The van der Waals surface area contributed by atoms with E-state index in [4.69, 9.17) is 4.42 Å². The highest BCUT2D eigenvalue weighted by molar-refractivity contribution is 7.90. The zero-order valence-corrected chi connectivity index (χ0v) is 21.9. The summed E-state index contributed by atoms with van der Waals surface area (Å²) in [5.41, 5.74) is 3.04. The number of fused-ring (bicyclic) bond motifs is 1. The summed E-state index contributed by atoms with van der Waals surface area (Å²) in [6.07, 6.45) is 0.576. The third kappa shape index (κ3) is 4.56. The Bertz CT molecular complexity index is 2010. The van der Waals surface area contributed by atoms with Crippen molar-refractivity contribution in [3.63, 3.8) is 0 Å². The van der Waals surface area contributed by atoms with Crippen LogP contribution in [0.1, 0.15) is 11.5 Å². The van der Waals surface area contributed by atoms with Gasteiger partial charge in [0.05, 0.1) is 34.4 Å². The van der Waals surface area contributed by atoms with Crippen molar-refractivity contribution in [1.82, 2.24) is 24.5 Å². The number of hydrogen-bond acceptors (Lipinski definition) is 6. The molecule has 0 aliphatic heterocycles. The average molecular weight is 564 g/mol. The van der Waals surface area contributed by atoms with Gasteiger partial charge in [-0.2, -0.15) is 13.2 Å². The number of benzene rings is 3. The second kappa shape index (κ2) is 9.19. The molecule has 0 spiro atoms. The van der Waals surface area contributed by atoms with Crippen LogP contribution < -0.4 is 0 Å². The summed E-state index contributed by atoms with van der Waals surface area (Å²) in [6, 6.07) is 18.9. The number of rotatable bonds is 5. The highest BCUT2D eigenvalue weighted by Gasteiger charge is 2.34. The first kappa shape index (κ1) is 25.6. The molecule has 6 rings (SSSR count). The molecule has 3 aromatic carbocycles. The molecule has 0 aliphatic rings.